The lowest BCUT2D eigenvalue weighted by atomic mass is 9.47. The molecule has 0 N–H and O–H groups in total. The van der Waals surface area contributed by atoms with Crippen molar-refractivity contribution in [1.82, 2.24) is 0 Å². The smallest absolute Gasteiger partial charge is 0.155 e. The van der Waals surface area contributed by atoms with Gasteiger partial charge in [-0.1, -0.05) is 19.4 Å². The number of allylic oxidation sites excluding steroid dienone is 1. The highest BCUT2D eigenvalue weighted by atomic mass is 16.5. The van der Waals surface area contributed by atoms with Crippen LogP contribution in [0.4, 0.5) is 0 Å². The molecule has 5 rings (SSSR count). The Morgan fingerprint density at radius 1 is 0.958 bits per heavy atom. The van der Waals surface area contributed by atoms with Crippen LogP contribution in [0.15, 0.2) is 11.6 Å². The van der Waals surface area contributed by atoms with E-state index in [1.54, 1.807) is 0 Å². The molecule has 0 aromatic rings. The molecule has 4 saturated carbocycles. The van der Waals surface area contributed by atoms with Crippen LogP contribution in [-0.4, -0.2) is 18.0 Å². The van der Waals surface area contributed by atoms with Crippen molar-refractivity contribution in [3.05, 3.63) is 11.6 Å². The van der Waals surface area contributed by atoms with Gasteiger partial charge in [-0.05, 0) is 92.4 Å². The predicted molar refractivity (Wildman–Crippen MR) is 94.6 cm³/mol. The molecule has 0 heterocycles. The van der Waals surface area contributed by atoms with Gasteiger partial charge in [0, 0.05) is 6.42 Å². The lowest BCUT2D eigenvalue weighted by Gasteiger charge is -2.58. The van der Waals surface area contributed by atoms with Gasteiger partial charge in [0.1, 0.15) is 0 Å². The fourth-order valence-corrected chi connectivity index (χ4v) is 7.17. The molecule has 24 heavy (non-hydrogen) atoms. The topological polar surface area (TPSA) is 26.3 Å². The van der Waals surface area contributed by atoms with Crippen LogP contribution in [0.5, 0.6) is 0 Å². The molecule has 0 saturated heterocycles. The van der Waals surface area contributed by atoms with Crippen LogP contribution >= 0.6 is 0 Å². The van der Waals surface area contributed by atoms with Gasteiger partial charge >= 0.3 is 0 Å². The summed E-state index contributed by atoms with van der Waals surface area (Å²) in [6, 6.07) is 0. The van der Waals surface area contributed by atoms with Crippen molar-refractivity contribution in [1.29, 1.82) is 0 Å². The molecule has 0 aromatic heterocycles. The average Bonchev–Trinajstić information content (AvgIpc) is 3.31. The summed E-state index contributed by atoms with van der Waals surface area (Å²) in [6.07, 6.45) is 15.5. The lowest BCUT2D eigenvalue weighted by Crippen LogP contribution is -2.51. The van der Waals surface area contributed by atoms with E-state index in [0.717, 1.165) is 30.6 Å². The minimum absolute atomic E-state index is 0.313. The summed E-state index contributed by atoms with van der Waals surface area (Å²) in [6.45, 7) is 5.03. The van der Waals surface area contributed by atoms with Crippen LogP contribution in [0, 0.1) is 28.6 Å². The maximum atomic E-state index is 11.9. The first-order chi connectivity index (χ1) is 11.5. The molecule has 2 nitrogen and oxygen atoms in total. The molecule has 6 atom stereocenters. The SMILES string of the molecule is C[C@]12CCC(=O)C=C1CC[C@@H]1[C@H]2CC[C@]2(C)C(OC3CC3)CC[C@@H]12. The highest BCUT2D eigenvalue weighted by Gasteiger charge is 2.59. The van der Waals surface area contributed by atoms with Crippen molar-refractivity contribution in [2.75, 3.05) is 0 Å². The van der Waals surface area contributed by atoms with Crippen molar-refractivity contribution in [2.24, 2.45) is 28.6 Å². The molecular weight excluding hydrogens is 296 g/mol. The van der Waals surface area contributed by atoms with E-state index < -0.39 is 0 Å². The summed E-state index contributed by atoms with van der Waals surface area (Å²) in [7, 11) is 0. The quantitative estimate of drug-likeness (QED) is 0.708. The maximum Gasteiger partial charge on any atom is 0.155 e. The Balaban J connectivity index is 1.42. The number of hydrogen-bond donors (Lipinski definition) is 0. The van der Waals surface area contributed by atoms with Crippen molar-refractivity contribution in [3.8, 4) is 0 Å². The van der Waals surface area contributed by atoms with Crippen LogP contribution in [0.25, 0.3) is 0 Å². The van der Waals surface area contributed by atoms with E-state index in [9.17, 15) is 4.79 Å². The Morgan fingerprint density at radius 2 is 1.79 bits per heavy atom. The van der Waals surface area contributed by atoms with E-state index in [-0.39, 0.29) is 0 Å². The molecule has 0 bridgehead atoms. The lowest BCUT2D eigenvalue weighted by molar-refractivity contribution is -0.119. The summed E-state index contributed by atoms with van der Waals surface area (Å²) in [5.74, 6) is 2.91. The summed E-state index contributed by atoms with van der Waals surface area (Å²) in [5.41, 5.74) is 2.23. The molecule has 5 aliphatic carbocycles. The second-order valence-corrected chi connectivity index (χ2v) is 9.91. The Kier molecular flexibility index (Phi) is 3.38. The fourth-order valence-electron chi connectivity index (χ4n) is 7.17. The van der Waals surface area contributed by atoms with Gasteiger partial charge < -0.3 is 4.74 Å². The van der Waals surface area contributed by atoms with E-state index in [1.165, 1.54) is 56.9 Å². The number of hydrogen-bond acceptors (Lipinski definition) is 2. The van der Waals surface area contributed by atoms with Gasteiger partial charge in [-0.2, -0.15) is 0 Å². The number of carbonyl (C=O) groups is 1. The molecule has 2 heteroatoms. The minimum Gasteiger partial charge on any atom is -0.374 e. The van der Waals surface area contributed by atoms with E-state index >= 15 is 0 Å². The average molecular weight is 328 g/mol. The zero-order valence-corrected chi connectivity index (χ0v) is 15.4. The molecule has 1 unspecified atom stereocenters. The zero-order chi connectivity index (χ0) is 16.5. The molecular formula is C22H32O2. The Hall–Kier alpha value is -0.630. The number of rotatable bonds is 2. The second kappa shape index (κ2) is 5.19. The van der Waals surface area contributed by atoms with Gasteiger partial charge in [-0.15, -0.1) is 0 Å². The maximum absolute atomic E-state index is 11.9. The predicted octanol–water partition coefficient (Wildman–Crippen LogP) is 5.07. The summed E-state index contributed by atoms with van der Waals surface area (Å²) in [4.78, 5) is 11.9. The molecule has 4 fully saturated rings. The zero-order valence-electron chi connectivity index (χ0n) is 15.4. The molecule has 0 spiro atoms. The summed E-state index contributed by atoms with van der Waals surface area (Å²) >= 11 is 0. The minimum atomic E-state index is 0.313. The number of fused-ring (bicyclic) bond motifs is 5. The van der Waals surface area contributed by atoms with E-state index in [1.807, 2.05) is 6.08 Å². The van der Waals surface area contributed by atoms with Gasteiger partial charge in [0.05, 0.1) is 12.2 Å². The Morgan fingerprint density at radius 3 is 2.58 bits per heavy atom. The number of carbonyl (C=O) groups excluding carboxylic acids is 1. The number of ether oxygens (including phenoxy) is 1. The van der Waals surface area contributed by atoms with Crippen LogP contribution in [0.2, 0.25) is 0 Å². The van der Waals surface area contributed by atoms with Gasteiger partial charge in [0.15, 0.2) is 5.78 Å². The molecule has 0 amide bonds. The van der Waals surface area contributed by atoms with Gasteiger partial charge in [-0.3, -0.25) is 4.79 Å². The monoisotopic (exact) mass is 328 g/mol. The van der Waals surface area contributed by atoms with Crippen LogP contribution < -0.4 is 0 Å². The molecule has 0 aliphatic heterocycles. The highest BCUT2D eigenvalue weighted by molar-refractivity contribution is 5.91. The fraction of sp³-hybridized carbons (Fsp3) is 0.864. The summed E-state index contributed by atoms with van der Waals surface area (Å²) < 4.78 is 6.46. The molecule has 132 valence electrons. The van der Waals surface area contributed by atoms with Crippen LogP contribution in [-0.2, 0) is 9.53 Å². The normalized spacial score (nSPS) is 50.8. The standard InChI is InChI=1S/C22H32O2/c1-21-11-9-15(23)13-14(21)3-6-17-18-7-8-20(24-16-4-5-16)22(18,2)12-10-19(17)21/h13,16-20H,3-12H2,1-2H3/t17-,18-,19+,20?,21-,22-/m0/s1. The first kappa shape index (κ1) is 15.6. The summed E-state index contributed by atoms with van der Waals surface area (Å²) in [5, 5.41) is 0. The van der Waals surface area contributed by atoms with E-state index in [4.69, 9.17) is 4.74 Å². The van der Waals surface area contributed by atoms with Gasteiger partial charge in [-0.25, -0.2) is 0 Å². The number of ketones is 1. The van der Waals surface area contributed by atoms with Gasteiger partial charge in [0.2, 0.25) is 0 Å². The largest absolute Gasteiger partial charge is 0.374 e. The molecule has 5 aliphatic rings. The highest BCUT2D eigenvalue weighted by Crippen LogP contribution is 2.65. The Bertz CT molecular complexity index is 589. The van der Waals surface area contributed by atoms with Crippen molar-refractivity contribution in [3.63, 3.8) is 0 Å². The molecule has 0 aromatic carbocycles. The van der Waals surface area contributed by atoms with Gasteiger partial charge in [0.25, 0.3) is 0 Å². The third-order valence-electron chi connectivity index (χ3n) is 8.76. The third-order valence-corrected chi connectivity index (χ3v) is 8.76. The van der Waals surface area contributed by atoms with E-state index in [2.05, 4.69) is 13.8 Å². The second-order valence-electron chi connectivity index (χ2n) is 9.91. The van der Waals surface area contributed by atoms with Crippen molar-refractivity contribution in [2.45, 2.75) is 90.3 Å². The first-order valence-corrected chi connectivity index (χ1v) is 10.4. The Labute approximate surface area is 146 Å². The van der Waals surface area contributed by atoms with E-state index in [0.29, 0.717) is 28.8 Å². The molecule has 0 radical (unpaired) electrons. The first-order valence-electron chi connectivity index (χ1n) is 10.4. The van der Waals surface area contributed by atoms with Crippen molar-refractivity contribution < 1.29 is 9.53 Å². The van der Waals surface area contributed by atoms with Crippen molar-refractivity contribution >= 4 is 5.78 Å². The van der Waals surface area contributed by atoms with Crippen LogP contribution in [0.1, 0.15) is 78.1 Å². The van der Waals surface area contributed by atoms with Crippen LogP contribution in [0.3, 0.4) is 0 Å². The third kappa shape index (κ3) is 2.14.